The molecule has 1 saturated heterocycles. The summed E-state index contributed by atoms with van der Waals surface area (Å²) >= 11 is 6.99. The Hall–Kier alpha value is -2.51. The fraction of sp³-hybridized carbons (Fsp3) is 0.111. The van der Waals surface area contributed by atoms with Crippen LogP contribution in [0.1, 0.15) is 12.5 Å². The van der Waals surface area contributed by atoms with Gasteiger partial charge in [0.15, 0.2) is 16.7 Å². The molecule has 0 saturated carbocycles. The number of hydrogen-bond donors (Lipinski definition) is 2. The van der Waals surface area contributed by atoms with Crippen molar-refractivity contribution in [1.29, 1.82) is 5.41 Å². The van der Waals surface area contributed by atoms with E-state index in [1.807, 2.05) is 0 Å². The van der Waals surface area contributed by atoms with Crippen LogP contribution in [0.25, 0.3) is 6.08 Å². The number of carbonyl (C=O) groups excluding carboxylic acids is 1. The minimum atomic E-state index is -0.419. The number of amidine groups is 1. The number of benzene rings is 2. The summed E-state index contributed by atoms with van der Waals surface area (Å²) < 4.78 is 18.4. The number of rotatable bonds is 4. The molecule has 8 heteroatoms. The molecule has 0 aromatic heterocycles. The predicted octanol–water partition coefficient (Wildman–Crippen LogP) is 4.64. The highest BCUT2D eigenvalue weighted by Gasteiger charge is 2.33. The smallest absolute Gasteiger partial charge is 0.271 e. The first-order valence-electron chi connectivity index (χ1n) is 7.64. The SMILES string of the molecule is CCOc1cc(C=C2SC(=N)N(c3ccc(F)cc3)C2=O)cc(Cl)c1O. The lowest BCUT2D eigenvalue weighted by atomic mass is 10.1. The van der Waals surface area contributed by atoms with Gasteiger partial charge in [-0.15, -0.1) is 0 Å². The molecule has 5 nitrogen and oxygen atoms in total. The Morgan fingerprint density at radius 1 is 1.35 bits per heavy atom. The molecule has 1 amide bonds. The van der Waals surface area contributed by atoms with E-state index in [4.69, 9.17) is 21.7 Å². The van der Waals surface area contributed by atoms with Crippen molar-refractivity contribution in [2.75, 3.05) is 11.5 Å². The highest BCUT2D eigenvalue weighted by atomic mass is 35.5. The molecule has 0 bridgehead atoms. The van der Waals surface area contributed by atoms with Crippen LogP contribution < -0.4 is 9.64 Å². The number of ether oxygens (including phenoxy) is 1. The third kappa shape index (κ3) is 3.54. The van der Waals surface area contributed by atoms with E-state index in [2.05, 4.69) is 0 Å². The number of carbonyl (C=O) groups is 1. The number of aromatic hydroxyl groups is 1. The van der Waals surface area contributed by atoms with Gasteiger partial charge in [0, 0.05) is 0 Å². The lowest BCUT2D eigenvalue weighted by molar-refractivity contribution is -0.113. The van der Waals surface area contributed by atoms with E-state index in [0.29, 0.717) is 22.8 Å². The lowest BCUT2D eigenvalue weighted by Gasteiger charge is -2.14. The van der Waals surface area contributed by atoms with Gasteiger partial charge in [-0.1, -0.05) is 11.6 Å². The van der Waals surface area contributed by atoms with E-state index in [9.17, 15) is 14.3 Å². The van der Waals surface area contributed by atoms with E-state index in [-0.39, 0.29) is 21.7 Å². The average Bonchev–Trinajstić information content (AvgIpc) is 2.87. The topological polar surface area (TPSA) is 73.6 Å². The molecule has 2 aromatic carbocycles. The van der Waals surface area contributed by atoms with Gasteiger partial charge in [0.25, 0.3) is 5.91 Å². The summed E-state index contributed by atoms with van der Waals surface area (Å²) in [5.41, 5.74) is 0.969. The molecular weight excluding hydrogens is 379 g/mol. The molecule has 2 N–H and O–H groups in total. The number of phenols is 1. The highest BCUT2D eigenvalue weighted by molar-refractivity contribution is 8.19. The van der Waals surface area contributed by atoms with E-state index in [1.165, 1.54) is 35.2 Å². The van der Waals surface area contributed by atoms with Crippen molar-refractivity contribution in [3.8, 4) is 11.5 Å². The van der Waals surface area contributed by atoms with Gasteiger partial charge in [0.05, 0.1) is 22.2 Å². The van der Waals surface area contributed by atoms with Crippen molar-refractivity contribution < 1.29 is 19.0 Å². The van der Waals surface area contributed by atoms with E-state index >= 15 is 0 Å². The van der Waals surface area contributed by atoms with Crippen LogP contribution in [-0.2, 0) is 4.79 Å². The first kappa shape index (κ1) is 18.3. The Bertz CT molecular complexity index is 915. The summed E-state index contributed by atoms with van der Waals surface area (Å²) in [5, 5.41) is 18.1. The van der Waals surface area contributed by atoms with Crippen molar-refractivity contribution in [2.24, 2.45) is 0 Å². The van der Waals surface area contributed by atoms with Crippen LogP contribution in [0.2, 0.25) is 5.02 Å². The summed E-state index contributed by atoms with van der Waals surface area (Å²) in [4.78, 5) is 14.2. The van der Waals surface area contributed by atoms with E-state index in [1.54, 1.807) is 19.1 Å². The van der Waals surface area contributed by atoms with Gasteiger partial charge in [-0.2, -0.15) is 0 Å². The number of nitrogens with zero attached hydrogens (tertiary/aromatic N) is 1. The Kier molecular flexibility index (Phi) is 5.20. The number of phenolic OH excluding ortho intramolecular Hbond substituents is 1. The second-order valence-electron chi connectivity index (χ2n) is 5.32. The van der Waals surface area contributed by atoms with Crippen LogP contribution in [0.4, 0.5) is 10.1 Å². The second kappa shape index (κ2) is 7.39. The molecule has 0 spiro atoms. The molecular formula is C18H14ClFN2O3S. The maximum absolute atomic E-state index is 13.1. The molecule has 1 aliphatic rings. The predicted molar refractivity (Wildman–Crippen MR) is 101 cm³/mol. The highest BCUT2D eigenvalue weighted by Crippen LogP contribution is 2.39. The summed E-state index contributed by atoms with van der Waals surface area (Å²) in [6, 6.07) is 8.42. The molecule has 1 heterocycles. The third-order valence-corrected chi connectivity index (χ3v) is 4.73. The Morgan fingerprint density at radius 3 is 2.69 bits per heavy atom. The zero-order chi connectivity index (χ0) is 18.8. The summed E-state index contributed by atoms with van der Waals surface area (Å²) in [6.45, 7) is 2.12. The zero-order valence-electron chi connectivity index (χ0n) is 13.6. The zero-order valence-corrected chi connectivity index (χ0v) is 15.2. The number of amides is 1. The van der Waals surface area contributed by atoms with Gasteiger partial charge < -0.3 is 9.84 Å². The van der Waals surface area contributed by atoms with Crippen LogP contribution in [0.5, 0.6) is 11.5 Å². The molecule has 0 atom stereocenters. The number of thioether (sulfide) groups is 1. The largest absolute Gasteiger partial charge is 0.503 e. The fourth-order valence-corrected chi connectivity index (χ4v) is 3.49. The molecule has 134 valence electrons. The normalized spacial score (nSPS) is 15.8. The standard InChI is InChI=1S/C18H14ClFN2O3S/c1-2-25-14-8-10(7-13(19)16(14)23)9-15-17(24)22(18(21)26-15)12-5-3-11(20)4-6-12/h3-9,21,23H,2H2,1H3. The molecule has 1 fully saturated rings. The van der Waals surface area contributed by atoms with Crippen molar-refractivity contribution in [3.05, 3.63) is 57.7 Å². The van der Waals surface area contributed by atoms with Gasteiger partial charge in [0.1, 0.15) is 5.82 Å². The molecule has 0 unspecified atom stereocenters. The van der Waals surface area contributed by atoms with E-state index < -0.39 is 11.7 Å². The van der Waals surface area contributed by atoms with Gasteiger partial charge in [0.2, 0.25) is 0 Å². The lowest BCUT2D eigenvalue weighted by Crippen LogP contribution is -2.28. The van der Waals surface area contributed by atoms with E-state index in [0.717, 1.165) is 11.8 Å². The Balaban J connectivity index is 1.94. The summed E-state index contributed by atoms with van der Waals surface area (Å²) in [5.74, 6) is -0.763. The quantitative estimate of drug-likeness (QED) is 0.743. The number of halogens is 2. The Morgan fingerprint density at radius 2 is 2.04 bits per heavy atom. The first-order chi connectivity index (χ1) is 12.4. The van der Waals surface area contributed by atoms with Gasteiger partial charge in [-0.3, -0.25) is 15.1 Å². The van der Waals surface area contributed by atoms with Gasteiger partial charge >= 0.3 is 0 Å². The minimum absolute atomic E-state index is 0.0164. The van der Waals surface area contributed by atoms with Crippen molar-refractivity contribution in [2.45, 2.75) is 6.92 Å². The van der Waals surface area contributed by atoms with Crippen LogP contribution in [-0.4, -0.2) is 22.8 Å². The van der Waals surface area contributed by atoms with Gasteiger partial charge in [-0.25, -0.2) is 4.39 Å². The Labute approximate surface area is 158 Å². The molecule has 1 aliphatic heterocycles. The number of anilines is 1. The summed E-state index contributed by atoms with van der Waals surface area (Å²) in [6.07, 6.45) is 1.57. The van der Waals surface area contributed by atoms with Gasteiger partial charge in [-0.05, 0) is 66.7 Å². The number of nitrogens with one attached hydrogen (secondary N) is 1. The first-order valence-corrected chi connectivity index (χ1v) is 8.83. The van der Waals surface area contributed by atoms with Crippen LogP contribution in [0, 0.1) is 11.2 Å². The van der Waals surface area contributed by atoms with Crippen molar-refractivity contribution >= 4 is 46.2 Å². The second-order valence-corrected chi connectivity index (χ2v) is 6.75. The number of hydrogen-bond acceptors (Lipinski definition) is 5. The fourth-order valence-electron chi connectivity index (χ4n) is 2.41. The molecule has 3 rings (SSSR count). The monoisotopic (exact) mass is 392 g/mol. The maximum Gasteiger partial charge on any atom is 0.271 e. The maximum atomic E-state index is 13.1. The van der Waals surface area contributed by atoms with Crippen LogP contribution in [0.3, 0.4) is 0 Å². The third-order valence-electron chi connectivity index (χ3n) is 3.56. The van der Waals surface area contributed by atoms with Crippen molar-refractivity contribution in [3.63, 3.8) is 0 Å². The molecule has 0 radical (unpaired) electrons. The van der Waals surface area contributed by atoms with Crippen LogP contribution >= 0.6 is 23.4 Å². The average molecular weight is 393 g/mol. The van der Waals surface area contributed by atoms with Crippen LogP contribution in [0.15, 0.2) is 41.3 Å². The summed E-state index contributed by atoms with van der Waals surface area (Å²) in [7, 11) is 0. The molecule has 2 aromatic rings. The minimum Gasteiger partial charge on any atom is -0.503 e. The molecule has 0 aliphatic carbocycles. The molecule has 26 heavy (non-hydrogen) atoms. The van der Waals surface area contributed by atoms with Crippen molar-refractivity contribution in [1.82, 2.24) is 0 Å².